The summed E-state index contributed by atoms with van der Waals surface area (Å²) in [6.45, 7) is 2.40. The molecule has 2 nitrogen and oxygen atoms in total. The zero-order valence-electron chi connectivity index (χ0n) is 7.47. The number of thioether (sulfide) groups is 1. The zero-order chi connectivity index (χ0) is 8.10. The van der Waals surface area contributed by atoms with Gasteiger partial charge in [-0.25, -0.2) is 0 Å². The Labute approximate surface area is 73.7 Å². The van der Waals surface area contributed by atoms with Crippen LogP contribution < -0.4 is 5.32 Å². The molecule has 0 radical (unpaired) electrons. The first-order chi connectivity index (χ1) is 5.29. The van der Waals surface area contributed by atoms with E-state index < -0.39 is 0 Å². The molecule has 1 fully saturated rings. The maximum atomic E-state index is 3.53. The highest BCUT2D eigenvalue weighted by Crippen LogP contribution is 2.09. The summed E-state index contributed by atoms with van der Waals surface area (Å²) >= 11 is 2.07. The number of nitrogens with zero attached hydrogens (tertiary/aromatic N) is 1. The van der Waals surface area contributed by atoms with Gasteiger partial charge in [-0.15, -0.1) is 0 Å². The summed E-state index contributed by atoms with van der Waals surface area (Å²) in [6.07, 6.45) is 1.29. The first-order valence-corrected chi connectivity index (χ1v) is 5.40. The first kappa shape index (κ1) is 9.36. The molecule has 11 heavy (non-hydrogen) atoms. The third kappa shape index (κ3) is 3.99. The summed E-state index contributed by atoms with van der Waals surface area (Å²) in [5.41, 5.74) is 0. The van der Waals surface area contributed by atoms with Gasteiger partial charge < -0.3 is 10.2 Å². The zero-order valence-corrected chi connectivity index (χ0v) is 8.28. The van der Waals surface area contributed by atoms with Crippen LogP contribution in [0.1, 0.15) is 6.42 Å². The third-order valence-corrected chi connectivity index (χ3v) is 3.05. The Balaban J connectivity index is 2.05. The molecule has 0 amide bonds. The Morgan fingerprint density at radius 1 is 1.55 bits per heavy atom. The van der Waals surface area contributed by atoms with Crippen LogP contribution in [0.5, 0.6) is 0 Å². The van der Waals surface area contributed by atoms with E-state index in [1.165, 1.54) is 31.0 Å². The Morgan fingerprint density at radius 3 is 2.91 bits per heavy atom. The number of rotatable bonds is 3. The molecule has 0 aromatic rings. The van der Waals surface area contributed by atoms with Crippen molar-refractivity contribution in [2.24, 2.45) is 0 Å². The molecule has 1 saturated heterocycles. The van der Waals surface area contributed by atoms with E-state index in [4.69, 9.17) is 0 Å². The smallest absolute Gasteiger partial charge is 0.0170 e. The van der Waals surface area contributed by atoms with Crippen LogP contribution in [0.15, 0.2) is 0 Å². The fourth-order valence-electron chi connectivity index (χ4n) is 1.22. The van der Waals surface area contributed by atoms with E-state index in [1.807, 2.05) is 0 Å². The maximum Gasteiger partial charge on any atom is 0.0170 e. The van der Waals surface area contributed by atoms with Crippen molar-refractivity contribution >= 4 is 11.8 Å². The van der Waals surface area contributed by atoms with Gasteiger partial charge in [-0.2, -0.15) is 11.8 Å². The van der Waals surface area contributed by atoms with Crippen molar-refractivity contribution in [3.05, 3.63) is 0 Å². The van der Waals surface area contributed by atoms with E-state index >= 15 is 0 Å². The minimum Gasteiger partial charge on any atom is -0.312 e. The molecule has 1 aliphatic heterocycles. The van der Waals surface area contributed by atoms with Crippen LogP contribution in [0.25, 0.3) is 0 Å². The Hall–Kier alpha value is 0.270. The number of nitrogens with one attached hydrogen (secondary N) is 1. The van der Waals surface area contributed by atoms with Gasteiger partial charge in [0.15, 0.2) is 0 Å². The van der Waals surface area contributed by atoms with Gasteiger partial charge in [0.1, 0.15) is 0 Å². The second kappa shape index (κ2) is 5.01. The van der Waals surface area contributed by atoms with Crippen LogP contribution in [0.2, 0.25) is 0 Å². The molecule has 0 spiro atoms. The average molecular weight is 174 g/mol. The lowest BCUT2D eigenvalue weighted by Gasteiger charge is -2.24. The van der Waals surface area contributed by atoms with E-state index in [0.717, 1.165) is 6.04 Å². The van der Waals surface area contributed by atoms with Crippen LogP contribution in [-0.2, 0) is 0 Å². The molecule has 1 aliphatic rings. The quantitative estimate of drug-likeness (QED) is 0.676. The molecule has 1 N–H and O–H groups in total. The van der Waals surface area contributed by atoms with Gasteiger partial charge in [0.05, 0.1) is 0 Å². The molecule has 1 unspecified atom stereocenters. The maximum absolute atomic E-state index is 3.53. The van der Waals surface area contributed by atoms with Crippen LogP contribution in [0.3, 0.4) is 0 Å². The van der Waals surface area contributed by atoms with Crippen LogP contribution >= 0.6 is 11.8 Å². The summed E-state index contributed by atoms with van der Waals surface area (Å²) in [5, 5.41) is 3.53. The first-order valence-electron chi connectivity index (χ1n) is 4.25. The fourth-order valence-corrected chi connectivity index (χ4v) is 2.22. The lowest BCUT2D eigenvalue weighted by molar-refractivity contribution is 0.369. The molecule has 0 aliphatic carbocycles. The molecule has 0 aromatic heterocycles. The Kier molecular flexibility index (Phi) is 4.26. The fraction of sp³-hybridized carbons (Fsp3) is 1.00. The van der Waals surface area contributed by atoms with Crippen molar-refractivity contribution in [2.45, 2.75) is 12.5 Å². The highest BCUT2D eigenvalue weighted by Gasteiger charge is 2.11. The predicted molar refractivity (Wildman–Crippen MR) is 52.3 cm³/mol. The van der Waals surface area contributed by atoms with Crippen molar-refractivity contribution in [1.29, 1.82) is 0 Å². The van der Waals surface area contributed by atoms with Crippen LogP contribution in [0, 0.1) is 0 Å². The van der Waals surface area contributed by atoms with Crippen molar-refractivity contribution in [1.82, 2.24) is 10.2 Å². The van der Waals surface area contributed by atoms with Crippen molar-refractivity contribution in [2.75, 3.05) is 38.7 Å². The molecular weight excluding hydrogens is 156 g/mol. The molecule has 3 heteroatoms. The summed E-state index contributed by atoms with van der Waals surface area (Å²) in [5.74, 6) is 2.59. The van der Waals surface area contributed by atoms with Gasteiger partial charge in [0.2, 0.25) is 0 Å². The standard InChI is InChI=1S/C8H18N2S/c1-10(2)5-3-8-7-11-6-4-9-8/h8-9H,3-7H2,1-2H3. The van der Waals surface area contributed by atoms with E-state index in [0.29, 0.717) is 0 Å². The molecule has 1 atom stereocenters. The SMILES string of the molecule is CN(C)CCC1CSCCN1. The molecule has 1 heterocycles. The highest BCUT2D eigenvalue weighted by atomic mass is 32.2. The number of hydrogen-bond acceptors (Lipinski definition) is 3. The lowest BCUT2D eigenvalue weighted by Crippen LogP contribution is -2.39. The largest absolute Gasteiger partial charge is 0.312 e. The van der Waals surface area contributed by atoms with Crippen molar-refractivity contribution in [3.63, 3.8) is 0 Å². The van der Waals surface area contributed by atoms with E-state index in [1.54, 1.807) is 0 Å². The topological polar surface area (TPSA) is 15.3 Å². The second-order valence-electron chi connectivity index (χ2n) is 3.32. The molecule has 66 valence electrons. The average Bonchev–Trinajstić information content (AvgIpc) is 2.03. The summed E-state index contributed by atoms with van der Waals surface area (Å²) in [4.78, 5) is 2.25. The molecule has 1 rings (SSSR count). The lowest BCUT2D eigenvalue weighted by atomic mass is 10.2. The second-order valence-corrected chi connectivity index (χ2v) is 4.47. The van der Waals surface area contributed by atoms with Crippen molar-refractivity contribution in [3.8, 4) is 0 Å². The van der Waals surface area contributed by atoms with Gasteiger partial charge in [0.25, 0.3) is 0 Å². The molecule has 0 saturated carbocycles. The molecule has 0 bridgehead atoms. The summed E-state index contributed by atoms with van der Waals surface area (Å²) < 4.78 is 0. The molecule has 0 aromatic carbocycles. The van der Waals surface area contributed by atoms with E-state index in [-0.39, 0.29) is 0 Å². The monoisotopic (exact) mass is 174 g/mol. The van der Waals surface area contributed by atoms with Gasteiger partial charge in [0, 0.05) is 24.1 Å². The highest BCUT2D eigenvalue weighted by molar-refractivity contribution is 7.99. The summed E-state index contributed by atoms with van der Waals surface area (Å²) in [7, 11) is 4.27. The summed E-state index contributed by atoms with van der Waals surface area (Å²) in [6, 6.07) is 0.760. The normalized spacial score (nSPS) is 25.9. The van der Waals surface area contributed by atoms with Gasteiger partial charge >= 0.3 is 0 Å². The van der Waals surface area contributed by atoms with Crippen molar-refractivity contribution < 1.29 is 0 Å². The minimum atomic E-state index is 0.760. The Bertz CT molecular complexity index is 100. The van der Waals surface area contributed by atoms with Gasteiger partial charge in [-0.1, -0.05) is 0 Å². The minimum absolute atomic E-state index is 0.760. The number of hydrogen-bond donors (Lipinski definition) is 1. The van der Waals surface area contributed by atoms with Gasteiger partial charge in [-0.05, 0) is 27.1 Å². The third-order valence-electron chi connectivity index (χ3n) is 1.92. The van der Waals surface area contributed by atoms with Crippen LogP contribution in [-0.4, -0.2) is 49.6 Å². The van der Waals surface area contributed by atoms with Crippen LogP contribution in [0.4, 0.5) is 0 Å². The van der Waals surface area contributed by atoms with Gasteiger partial charge in [-0.3, -0.25) is 0 Å². The van der Waals surface area contributed by atoms with E-state index in [2.05, 4.69) is 36.1 Å². The Morgan fingerprint density at radius 2 is 2.36 bits per heavy atom. The molecular formula is C8H18N2S. The predicted octanol–water partition coefficient (Wildman–Crippen LogP) is 0.643. The van der Waals surface area contributed by atoms with E-state index in [9.17, 15) is 0 Å².